The van der Waals surface area contributed by atoms with Gasteiger partial charge in [-0.2, -0.15) is 13.2 Å². The van der Waals surface area contributed by atoms with Crippen molar-refractivity contribution in [3.63, 3.8) is 0 Å². The van der Waals surface area contributed by atoms with Crippen molar-refractivity contribution in [3.8, 4) is 23.0 Å². The first-order chi connectivity index (χ1) is 16.3. The van der Waals surface area contributed by atoms with E-state index in [-0.39, 0.29) is 40.1 Å². The van der Waals surface area contributed by atoms with Gasteiger partial charge in [-0.05, 0) is 36.2 Å². The van der Waals surface area contributed by atoms with Crippen molar-refractivity contribution in [2.75, 3.05) is 33.3 Å². The number of aromatic nitrogens is 1. The molecule has 2 heterocycles. The molecule has 0 bridgehead atoms. The van der Waals surface area contributed by atoms with Gasteiger partial charge in [-0.1, -0.05) is 17.8 Å². The molecular formula is C23H21F3N2O5S. The summed E-state index contributed by atoms with van der Waals surface area (Å²) in [7, 11) is 3.09. The molecule has 1 aliphatic rings. The molecule has 7 nitrogen and oxygen atoms in total. The zero-order valence-corrected chi connectivity index (χ0v) is 19.1. The fourth-order valence-corrected chi connectivity index (χ4v) is 4.22. The smallest absolute Gasteiger partial charge is 0.417 e. The molecule has 1 aliphatic heterocycles. The van der Waals surface area contributed by atoms with Gasteiger partial charge in [0.15, 0.2) is 23.0 Å². The van der Waals surface area contributed by atoms with Gasteiger partial charge < -0.3 is 24.3 Å². The molecule has 1 amide bonds. The van der Waals surface area contributed by atoms with Crippen molar-refractivity contribution < 1.29 is 36.9 Å². The maximum Gasteiger partial charge on any atom is 0.417 e. The van der Waals surface area contributed by atoms with Crippen molar-refractivity contribution in [1.29, 1.82) is 0 Å². The molecule has 34 heavy (non-hydrogen) atoms. The second kappa shape index (κ2) is 9.88. The zero-order valence-electron chi connectivity index (χ0n) is 18.3. The SMILES string of the molecule is COc1ccc(CCNC(=O)CSc2cc(C(F)(F)F)c3cc4c(cc3n2)OCO4)cc1OC. The molecule has 1 aromatic heterocycles. The highest BCUT2D eigenvalue weighted by atomic mass is 32.2. The van der Waals surface area contributed by atoms with E-state index in [2.05, 4.69) is 10.3 Å². The highest BCUT2D eigenvalue weighted by Gasteiger charge is 2.34. The molecule has 4 rings (SSSR count). The maximum absolute atomic E-state index is 13.7. The quantitative estimate of drug-likeness (QED) is 0.464. The van der Waals surface area contributed by atoms with Crippen LogP contribution in [0.15, 0.2) is 41.4 Å². The number of fused-ring (bicyclic) bond motifs is 2. The molecule has 0 fully saturated rings. The van der Waals surface area contributed by atoms with Crippen LogP contribution in [0.5, 0.6) is 23.0 Å². The van der Waals surface area contributed by atoms with Crippen molar-refractivity contribution >= 4 is 28.6 Å². The minimum absolute atomic E-state index is 0.0574. The fourth-order valence-electron chi connectivity index (χ4n) is 3.47. The van der Waals surface area contributed by atoms with Crippen LogP contribution >= 0.6 is 11.8 Å². The summed E-state index contributed by atoms with van der Waals surface area (Å²) in [6, 6.07) is 9.12. The number of hydrogen-bond donors (Lipinski definition) is 1. The number of halogens is 3. The first-order valence-corrected chi connectivity index (χ1v) is 11.2. The Balaban J connectivity index is 1.40. The summed E-state index contributed by atoms with van der Waals surface area (Å²) in [4.78, 5) is 16.5. The number of carbonyl (C=O) groups excluding carboxylic acids is 1. The minimum Gasteiger partial charge on any atom is -0.493 e. The lowest BCUT2D eigenvalue weighted by Gasteiger charge is -2.13. The standard InChI is InChI=1S/C23H21F3N2O5S/c1-30-17-4-3-13(7-18(17)31-2)5-6-27-21(29)11-34-22-9-15(23(24,25)26)14-8-19-20(33-12-32-19)10-16(14)28-22/h3-4,7-10H,5-6,11-12H2,1-2H3,(H,27,29). The average molecular weight is 494 g/mol. The third-order valence-corrected chi connectivity index (χ3v) is 6.03. The summed E-state index contributed by atoms with van der Waals surface area (Å²) >= 11 is 0.932. The summed E-state index contributed by atoms with van der Waals surface area (Å²) in [5, 5.41) is 2.77. The number of benzene rings is 2. The van der Waals surface area contributed by atoms with Gasteiger partial charge in [0.25, 0.3) is 0 Å². The van der Waals surface area contributed by atoms with Crippen molar-refractivity contribution in [3.05, 3.63) is 47.5 Å². The van der Waals surface area contributed by atoms with E-state index >= 15 is 0 Å². The summed E-state index contributed by atoms with van der Waals surface area (Å²) in [5.41, 5.74) is 0.220. The van der Waals surface area contributed by atoms with Crippen LogP contribution in [0.1, 0.15) is 11.1 Å². The van der Waals surface area contributed by atoms with Crippen molar-refractivity contribution in [2.45, 2.75) is 17.6 Å². The Bertz CT molecular complexity index is 1220. The van der Waals surface area contributed by atoms with Crippen LogP contribution in [0.3, 0.4) is 0 Å². The molecule has 0 atom stereocenters. The van der Waals surface area contributed by atoms with Crippen LogP contribution in [0.4, 0.5) is 13.2 Å². The van der Waals surface area contributed by atoms with Gasteiger partial charge in [0, 0.05) is 18.0 Å². The molecule has 0 spiro atoms. The number of alkyl halides is 3. The Morgan fingerprint density at radius 1 is 1.09 bits per heavy atom. The Hall–Kier alpha value is -3.34. The molecule has 0 saturated heterocycles. The van der Waals surface area contributed by atoms with Crippen LogP contribution in [0.25, 0.3) is 10.9 Å². The normalized spacial score (nSPS) is 12.6. The first kappa shape index (κ1) is 23.8. The zero-order chi connectivity index (χ0) is 24.3. The fraction of sp³-hybridized carbons (Fsp3) is 0.304. The first-order valence-electron chi connectivity index (χ1n) is 10.2. The molecule has 11 heteroatoms. The topological polar surface area (TPSA) is 78.9 Å². The Kier molecular flexibility index (Phi) is 6.92. The second-order valence-corrected chi connectivity index (χ2v) is 8.30. The van der Waals surface area contributed by atoms with Gasteiger partial charge >= 0.3 is 6.18 Å². The molecule has 180 valence electrons. The van der Waals surface area contributed by atoms with Gasteiger partial charge in [-0.25, -0.2) is 4.98 Å². The van der Waals surface area contributed by atoms with Crippen LogP contribution < -0.4 is 24.3 Å². The van der Waals surface area contributed by atoms with E-state index in [1.54, 1.807) is 20.3 Å². The number of hydrogen-bond acceptors (Lipinski definition) is 7. The summed E-state index contributed by atoms with van der Waals surface area (Å²) < 4.78 is 61.9. The second-order valence-electron chi connectivity index (χ2n) is 7.31. The number of methoxy groups -OCH3 is 2. The summed E-state index contributed by atoms with van der Waals surface area (Å²) in [6.45, 7) is 0.301. The van der Waals surface area contributed by atoms with E-state index in [1.165, 1.54) is 12.1 Å². The summed E-state index contributed by atoms with van der Waals surface area (Å²) in [6.07, 6.45) is -4.04. The monoisotopic (exact) mass is 494 g/mol. The molecular weight excluding hydrogens is 473 g/mol. The highest BCUT2D eigenvalue weighted by molar-refractivity contribution is 7.99. The van der Waals surface area contributed by atoms with E-state index in [0.717, 1.165) is 23.4 Å². The molecule has 0 unspecified atom stereocenters. The van der Waals surface area contributed by atoms with Crippen LogP contribution in [0, 0.1) is 0 Å². The van der Waals surface area contributed by atoms with E-state index in [0.29, 0.717) is 30.2 Å². The molecule has 0 saturated carbocycles. The number of carbonyl (C=O) groups is 1. The van der Waals surface area contributed by atoms with Gasteiger partial charge in [0.2, 0.25) is 12.7 Å². The largest absolute Gasteiger partial charge is 0.493 e. The van der Waals surface area contributed by atoms with E-state index in [9.17, 15) is 18.0 Å². The Morgan fingerprint density at radius 2 is 1.82 bits per heavy atom. The minimum atomic E-state index is -4.59. The Morgan fingerprint density at radius 3 is 2.53 bits per heavy atom. The van der Waals surface area contributed by atoms with Gasteiger partial charge in [0.05, 0.1) is 36.1 Å². The predicted octanol–water partition coefficient (Wildman–Crippen LogP) is 4.45. The molecule has 3 aromatic rings. The van der Waals surface area contributed by atoms with Crippen LogP contribution in [-0.4, -0.2) is 44.2 Å². The number of amides is 1. The van der Waals surface area contributed by atoms with Gasteiger partial charge in [0.1, 0.15) is 0 Å². The van der Waals surface area contributed by atoms with Crippen LogP contribution in [-0.2, 0) is 17.4 Å². The number of nitrogens with one attached hydrogen (secondary N) is 1. The summed E-state index contributed by atoms with van der Waals surface area (Å²) in [5.74, 6) is 1.39. The lowest BCUT2D eigenvalue weighted by Crippen LogP contribution is -2.27. The number of ether oxygens (including phenoxy) is 4. The highest BCUT2D eigenvalue weighted by Crippen LogP contribution is 2.42. The lowest BCUT2D eigenvalue weighted by molar-refractivity contribution is -0.136. The van der Waals surface area contributed by atoms with E-state index in [1.807, 2.05) is 12.1 Å². The molecule has 1 N–H and O–H groups in total. The number of rotatable bonds is 8. The predicted molar refractivity (Wildman–Crippen MR) is 120 cm³/mol. The van der Waals surface area contributed by atoms with E-state index in [4.69, 9.17) is 18.9 Å². The number of pyridine rings is 1. The Labute approximate surface area is 197 Å². The molecule has 0 radical (unpaired) electrons. The third kappa shape index (κ3) is 5.24. The molecule has 0 aliphatic carbocycles. The average Bonchev–Trinajstić information content (AvgIpc) is 3.27. The van der Waals surface area contributed by atoms with Crippen LogP contribution in [0.2, 0.25) is 0 Å². The van der Waals surface area contributed by atoms with Gasteiger partial charge in [-0.3, -0.25) is 4.79 Å². The maximum atomic E-state index is 13.7. The van der Waals surface area contributed by atoms with Crippen molar-refractivity contribution in [2.24, 2.45) is 0 Å². The molecule has 2 aromatic carbocycles. The number of thioether (sulfide) groups is 1. The van der Waals surface area contributed by atoms with Crippen molar-refractivity contribution in [1.82, 2.24) is 10.3 Å². The number of nitrogens with zero attached hydrogens (tertiary/aromatic N) is 1. The third-order valence-electron chi connectivity index (χ3n) is 5.12. The van der Waals surface area contributed by atoms with E-state index < -0.39 is 11.7 Å². The van der Waals surface area contributed by atoms with Gasteiger partial charge in [-0.15, -0.1) is 0 Å². The lowest BCUT2D eigenvalue weighted by atomic mass is 10.1.